The molecule has 104 valence electrons. The molecule has 0 aliphatic carbocycles. The van der Waals surface area contributed by atoms with Gasteiger partial charge in [-0.2, -0.15) is 0 Å². The second kappa shape index (κ2) is 9.15. The van der Waals surface area contributed by atoms with E-state index in [0.29, 0.717) is 5.92 Å². The van der Waals surface area contributed by atoms with E-state index in [0.717, 1.165) is 37.9 Å². The summed E-state index contributed by atoms with van der Waals surface area (Å²) in [5.41, 5.74) is 0. The maximum Gasteiger partial charge on any atom is 0.106 e. The Hall–Kier alpha value is -0.830. The van der Waals surface area contributed by atoms with Gasteiger partial charge in [-0.05, 0) is 18.8 Å². The summed E-state index contributed by atoms with van der Waals surface area (Å²) in [6.45, 7) is 4.41. The molecule has 0 spiro atoms. The van der Waals surface area contributed by atoms with Crippen molar-refractivity contribution in [2.75, 3.05) is 0 Å². The highest BCUT2D eigenvalue weighted by Crippen LogP contribution is 2.18. The van der Waals surface area contributed by atoms with Gasteiger partial charge in [0.15, 0.2) is 0 Å². The van der Waals surface area contributed by atoms with Crippen molar-refractivity contribution in [1.82, 2.24) is 9.97 Å². The second-order valence-electron chi connectivity index (χ2n) is 5.25. The van der Waals surface area contributed by atoms with E-state index in [-0.39, 0.29) is 6.10 Å². The van der Waals surface area contributed by atoms with Crippen molar-refractivity contribution < 1.29 is 5.11 Å². The molecule has 0 aromatic carbocycles. The van der Waals surface area contributed by atoms with Crippen LogP contribution in [-0.4, -0.2) is 21.2 Å². The number of imidazole rings is 1. The zero-order valence-electron chi connectivity index (χ0n) is 11.9. The summed E-state index contributed by atoms with van der Waals surface area (Å²) in [7, 11) is 0. The first-order valence-corrected chi connectivity index (χ1v) is 7.42. The number of aromatic nitrogens is 2. The fourth-order valence-electron chi connectivity index (χ4n) is 2.39. The Morgan fingerprint density at radius 3 is 2.72 bits per heavy atom. The van der Waals surface area contributed by atoms with E-state index in [1.807, 2.05) is 6.20 Å². The van der Waals surface area contributed by atoms with Gasteiger partial charge in [0.25, 0.3) is 0 Å². The zero-order valence-corrected chi connectivity index (χ0v) is 11.9. The molecule has 0 fully saturated rings. The third-order valence-electron chi connectivity index (χ3n) is 3.61. The van der Waals surface area contributed by atoms with Gasteiger partial charge in [-0.15, -0.1) is 0 Å². The van der Waals surface area contributed by atoms with Crippen molar-refractivity contribution in [3.05, 3.63) is 18.2 Å². The van der Waals surface area contributed by atoms with E-state index in [2.05, 4.69) is 23.8 Å². The molecule has 0 bridgehead atoms. The van der Waals surface area contributed by atoms with Crippen LogP contribution in [0.25, 0.3) is 0 Å². The molecule has 18 heavy (non-hydrogen) atoms. The molecule has 1 heterocycles. The van der Waals surface area contributed by atoms with Gasteiger partial charge in [-0.25, -0.2) is 4.98 Å². The van der Waals surface area contributed by atoms with Gasteiger partial charge in [0.05, 0.1) is 6.10 Å². The molecule has 1 aromatic heterocycles. The van der Waals surface area contributed by atoms with Gasteiger partial charge in [0.2, 0.25) is 0 Å². The quantitative estimate of drug-likeness (QED) is 0.624. The molecule has 2 atom stereocenters. The van der Waals surface area contributed by atoms with E-state index in [4.69, 9.17) is 0 Å². The Labute approximate surface area is 111 Å². The van der Waals surface area contributed by atoms with Gasteiger partial charge < -0.3 is 10.1 Å². The maximum atomic E-state index is 10.0. The normalized spacial score (nSPS) is 14.6. The van der Waals surface area contributed by atoms with Crippen molar-refractivity contribution in [1.29, 1.82) is 0 Å². The van der Waals surface area contributed by atoms with Gasteiger partial charge in [0, 0.05) is 18.8 Å². The predicted octanol–water partition coefficient (Wildman–Crippen LogP) is 3.70. The molecular weight excluding hydrogens is 224 g/mol. The van der Waals surface area contributed by atoms with Crippen LogP contribution in [0.3, 0.4) is 0 Å². The van der Waals surface area contributed by atoms with Gasteiger partial charge in [-0.3, -0.25) is 0 Å². The van der Waals surface area contributed by atoms with Crippen molar-refractivity contribution in [2.45, 2.75) is 71.3 Å². The second-order valence-corrected chi connectivity index (χ2v) is 5.25. The van der Waals surface area contributed by atoms with Crippen LogP contribution < -0.4 is 0 Å². The number of H-pyrrole nitrogens is 1. The lowest BCUT2D eigenvalue weighted by atomic mass is 9.93. The average molecular weight is 252 g/mol. The molecule has 2 unspecified atom stereocenters. The van der Waals surface area contributed by atoms with Crippen LogP contribution in [0.5, 0.6) is 0 Å². The fraction of sp³-hybridized carbons (Fsp3) is 0.800. The SMILES string of the molecule is CCCCCCC(O)CC(CC)Cc1ncc[nH]1. The number of aliphatic hydroxyl groups excluding tert-OH is 1. The van der Waals surface area contributed by atoms with Crippen LogP contribution in [-0.2, 0) is 6.42 Å². The third-order valence-corrected chi connectivity index (χ3v) is 3.61. The number of hydrogen-bond acceptors (Lipinski definition) is 2. The van der Waals surface area contributed by atoms with Crippen molar-refractivity contribution in [3.63, 3.8) is 0 Å². The van der Waals surface area contributed by atoms with Crippen LogP contribution in [0.15, 0.2) is 12.4 Å². The summed E-state index contributed by atoms with van der Waals surface area (Å²) < 4.78 is 0. The number of aromatic amines is 1. The molecular formula is C15H28N2O. The summed E-state index contributed by atoms with van der Waals surface area (Å²) in [5, 5.41) is 10.0. The lowest BCUT2D eigenvalue weighted by Crippen LogP contribution is -2.15. The Bertz CT molecular complexity index is 285. The van der Waals surface area contributed by atoms with Crippen LogP contribution >= 0.6 is 0 Å². The molecule has 1 rings (SSSR count). The number of hydrogen-bond donors (Lipinski definition) is 2. The van der Waals surface area contributed by atoms with Gasteiger partial charge in [-0.1, -0.05) is 46.0 Å². The van der Waals surface area contributed by atoms with E-state index in [9.17, 15) is 5.11 Å². The number of nitrogens with zero attached hydrogens (tertiary/aromatic N) is 1. The van der Waals surface area contributed by atoms with Crippen LogP contribution in [0.4, 0.5) is 0 Å². The average Bonchev–Trinajstić information content (AvgIpc) is 2.86. The van der Waals surface area contributed by atoms with Crippen molar-refractivity contribution in [2.24, 2.45) is 5.92 Å². The summed E-state index contributed by atoms with van der Waals surface area (Å²) in [6, 6.07) is 0. The first-order chi connectivity index (χ1) is 8.76. The van der Waals surface area contributed by atoms with E-state index in [1.165, 1.54) is 19.3 Å². The number of aliphatic hydroxyl groups is 1. The zero-order chi connectivity index (χ0) is 13.2. The molecule has 0 saturated carbocycles. The third kappa shape index (κ3) is 6.20. The first-order valence-electron chi connectivity index (χ1n) is 7.42. The fourth-order valence-corrected chi connectivity index (χ4v) is 2.39. The minimum absolute atomic E-state index is 0.137. The number of nitrogens with one attached hydrogen (secondary N) is 1. The highest BCUT2D eigenvalue weighted by atomic mass is 16.3. The maximum absolute atomic E-state index is 10.0. The molecule has 1 aromatic rings. The van der Waals surface area contributed by atoms with E-state index < -0.39 is 0 Å². The van der Waals surface area contributed by atoms with Gasteiger partial charge >= 0.3 is 0 Å². The van der Waals surface area contributed by atoms with Crippen LogP contribution in [0, 0.1) is 5.92 Å². The summed E-state index contributed by atoms with van der Waals surface area (Å²) in [5.74, 6) is 1.58. The molecule has 3 nitrogen and oxygen atoms in total. The monoisotopic (exact) mass is 252 g/mol. The Morgan fingerprint density at radius 2 is 2.11 bits per heavy atom. The molecule has 3 heteroatoms. The minimum atomic E-state index is -0.137. The molecule has 0 saturated heterocycles. The minimum Gasteiger partial charge on any atom is -0.393 e. The lowest BCUT2D eigenvalue weighted by Gasteiger charge is -2.18. The highest BCUT2D eigenvalue weighted by molar-refractivity contribution is 4.89. The Kier molecular flexibility index (Phi) is 7.74. The van der Waals surface area contributed by atoms with E-state index >= 15 is 0 Å². The number of rotatable bonds is 10. The van der Waals surface area contributed by atoms with Crippen molar-refractivity contribution in [3.8, 4) is 0 Å². The van der Waals surface area contributed by atoms with Gasteiger partial charge in [0.1, 0.15) is 5.82 Å². The molecule has 2 N–H and O–H groups in total. The largest absolute Gasteiger partial charge is 0.393 e. The lowest BCUT2D eigenvalue weighted by molar-refractivity contribution is 0.128. The van der Waals surface area contributed by atoms with Crippen molar-refractivity contribution >= 4 is 0 Å². The summed E-state index contributed by atoms with van der Waals surface area (Å²) >= 11 is 0. The first kappa shape index (κ1) is 15.2. The topological polar surface area (TPSA) is 48.9 Å². The summed E-state index contributed by atoms with van der Waals surface area (Å²) in [6.07, 6.45) is 12.4. The predicted molar refractivity (Wildman–Crippen MR) is 75.5 cm³/mol. The molecule has 0 amide bonds. The molecule has 0 aliphatic rings. The summed E-state index contributed by atoms with van der Waals surface area (Å²) in [4.78, 5) is 7.40. The molecule has 0 radical (unpaired) electrons. The molecule has 0 aliphatic heterocycles. The number of unbranched alkanes of at least 4 members (excludes halogenated alkanes) is 3. The Morgan fingerprint density at radius 1 is 1.28 bits per heavy atom. The highest BCUT2D eigenvalue weighted by Gasteiger charge is 2.14. The smallest absolute Gasteiger partial charge is 0.106 e. The van der Waals surface area contributed by atoms with Crippen LogP contribution in [0.2, 0.25) is 0 Å². The standard InChI is InChI=1S/C15H28N2O/c1-3-5-6-7-8-14(18)11-13(4-2)12-15-16-9-10-17-15/h9-10,13-14,18H,3-8,11-12H2,1-2H3,(H,16,17). The van der Waals surface area contributed by atoms with E-state index in [1.54, 1.807) is 6.20 Å². The van der Waals surface area contributed by atoms with Crippen LogP contribution in [0.1, 0.15) is 64.6 Å². The Balaban J connectivity index is 2.20.